The van der Waals surface area contributed by atoms with Crippen LogP contribution in [-0.4, -0.2) is 89.0 Å². The minimum Gasteiger partial charge on any atom is -0.497 e. The van der Waals surface area contributed by atoms with Gasteiger partial charge in [0.05, 0.1) is 30.8 Å². The Morgan fingerprint density at radius 2 is 1.78 bits per heavy atom. The number of rotatable bonds is 10. The highest BCUT2D eigenvalue weighted by Gasteiger charge is 2.29. The largest absolute Gasteiger partial charge is 0.497 e. The third-order valence-corrected chi connectivity index (χ3v) is 6.66. The predicted molar refractivity (Wildman–Crippen MR) is 141 cm³/mol. The van der Waals surface area contributed by atoms with Crippen molar-refractivity contribution >= 4 is 22.8 Å². The third-order valence-electron chi connectivity index (χ3n) is 6.66. The molecule has 1 aliphatic heterocycles. The van der Waals surface area contributed by atoms with Crippen LogP contribution >= 0.6 is 0 Å². The van der Waals surface area contributed by atoms with Crippen LogP contribution in [0.3, 0.4) is 0 Å². The molecule has 2 aromatic carbocycles. The van der Waals surface area contributed by atoms with Crippen LogP contribution in [0.4, 0.5) is 0 Å². The average molecular weight is 506 g/mol. The first-order chi connectivity index (χ1) is 18.0. The maximum Gasteiger partial charge on any atom is 0.248 e. The van der Waals surface area contributed by atoms with Crippen LogP contribution in [0, 0.1) is 0 Å². The van der Waals surface area contributed by atoms with E-state index in [0.717, 1.165) is 27.9 Å². The van der Waals surface area contributed by atoms with Crippen molar-refractivity contribution in [1.82, 2.24) is 24.7 Å². The molecule has 9 heteroatoms. The van der Waals surface area contributed by atoms with Gasteiger partial charge < -0.3 is 19.3 Å². The third kappa shape index (κ3) is 6.81. The lowest BCUT2D eigenvalue weighted by Crippen LogP contribution is -2.40. The zero-order valence-corrected chi connectivity index (χ0v) is 21.8. The molecule has 1 aliphatic rings. The zero-order chi connectivity index (χ0) is 26.2. The van der Waals surface area contributed by atoms with Crippen molar-refractivity contribution < 1.29 is 19.1 Å². The lowest BCUT2D eigenvalue weighted by molar-refractivity contribution is -0.138. The van der Waals surface area contributed by atoms with Crippen LogP contribution in [0.25, 0.3) is 11.0 Å². The summed E-state index contributed by atoms with van der Waals surface area (Å²) in [7, 11) is 1.63. The maximum absolute atomic E-state index is 13.4. The van der Waals surface area contributed by atoms with Crippen molar-refractivity contribution in [3.8, 4) is 5.75 Å². The molecule has 1 fully saturated rings. The molecule has 1 aromatic heterocycles. The first-order valence-corrected chi connectivity index (χ1v) is 12.7. The molecule has 0 saturated carbocycles. The van der Waals surface area contributed by atoms with Crippen LogP contribution in [0.1, 0.15) is 25.0 Å². The Morgan fingerprint density at radius 3 is 2.51 bits per heavy atom. The molecule has 0 radical (unpaired) electrons. The van der Waals surface area contributed by atoms with Gasteiger partial charge in [-0.25, -0.2) is 0 Å². The van der Waals surface area contributed by atoms with Gasteiger partial charge in [0.2, 0.25) is 11.8 Å². The average Bonchev–Trinajstić information content (AvgIpc) is 3.06. The number of carbonyl (C=O) groups excluding carboxylic acids is 2. The number of carbonyl (C=O) groups is 2. The topological polar surface area (TPSA) is 88.1 Å². The molecule has 2 heterocycles. The van der Waals surface area contributed by atoms with Crippen LogP contribution in [0.15, 0.2) is 54.9 Å². The summed E-state index contributed by atoms with van der Waals surface area (Å²) in [4.78, 5) is 40.6. The fraction of sp³-hybridized carbons (Fsp3) is 0.429. The van der Waals surface area contributed by atoms with Crippen molar-refractivity contribution in [1.29, 1.82) is 0 Å². The van der Waals surface area contributed by atoms with E-state index in [1.165, 1.54) is 0 Å². The molecule has 9 nitrogen and oxygen atoms in total. The van der Waals surface area contributed by atoms with Gasteiger partial charge in [-0.3, -0.25) is 24.5 Å². The summed E-state index contributed by atoms with van der Waals surface area (Å²) in [5.41, 5.74) is 3.65. The summed E-state index contributed by atoms with van der Waals surface area (Å²) in [6.45, 7) is 7.34. The molecular formula is C28H35N5O4. The fourth-order valence-corrected chi connectivity index (χ4v) is 4.66. The van der Waals surface area contributed by atoms with E-state index < -0.39 is 0 Å². The van der Waals surface area contributed by atoms with Gasteiger partial charge in [-0.15, -0.1) is 0 Å². The quantitative estimate of drug-likeness (QED) is 0.419. The van der Waals surface area contributed by atoms with Crippen molar-refractivity contribution in [2.24, 2.45) is 0 Å². The number of hydrogen-bond donors (Lipinski definition) is 0. The van der Waals surface area contributed by atoms with Gasteiger partial charge in [-0.2, -0.15) is 0 Å². The molecule has 0 N–H and O–H groups in total. The number of nitrogens with zero attached hydrogens (tertiary/aromatic N) is 5. The van der Waals surface area contributed by atoms with Crippen molar-refractivity contribution in [2.75, 3.05) is 46.4 Å². The van der Waals surface area contributed by atoms with Crippen molar-refractivity contribution in [3.63, 3.8) is 0 Å². The number of benzene rings is 2. The summed E-state index contributed by atoms with van der Waals surface area (Å²) in [5, 5.41) is 0. The molecule has 2 amide bonds. The molecular weight excluding hydrogens is 470 g/mol. The van der Waals surface area contributed by atoms with Gasteiger partial charge in [-0.05, 0) is 43.2 Å². The second-order valence-electron chi connectivity index (χ2n) is 9.13. The van der Waals surface area contributed by atoms with E-state index >= 15 is 0 Å². The highest BCUT2D eigenvalue weighted by atomic mass is 16.5. The van der Waals surface area contributed by atoms with Crippen LogP contribution in [0.5, 0.6) is 5.75 Å². The van der Waals surface area contributed by atoms with E-state index in [2.05, 4.69) is 14.9 Å². The van der Waals surface area contributed by atoms with E-state index in [0.29, 0.717) is 39.3 Å². The maximum atomic E-state index is 13.4. The van der Waals surface area contributed by atoms with Gasteiger partial charge in [0.1, 0.15) is 12.4 Å². The number of aromatic nitrogens is 2. The van der Waals surface area contributed by atoms with Crippen LogP contribution in [0.2, 0.25) is 0 Å². The molecule has 1 atom stereocenters. The summed E-state index contributed by atoms with van der Waals surface area (Å²) in [6.07, 6.45) is 3.04. The van der Waals surface area contributed by atoms with E-state index in [1.807, 2.05) is 61.2 Å². The minimum atomic E-state index is -0.315. The number of ether oxygens (including phenoxy) is 2. The van der Waals surface area contributed by atoms with Gasteiger partial charge in [0.15, 0.2) is 0 Å². The smallest absolute Gasteiger partial charge is 0.248 e. The summed E-state index contributed by atoms with van der Waals surface area (Å²) >= 11 is 0. The molecule has 3 aromatic rings. The monoisotopic (exact) mass is 505 g/mol. The van der Waals surface area contributed by atoms with Crippen LogP contribution in [-0.2, 0) is 27.4 Å². The standard InChI is InChI=1S/C28H35N5O4/c1-4-32(5-2)27(35)20-37-24-17-31(16-22-7-6-8-25-28(22)30-14-13-29-25)19-26(34)33(18-24)15-21-9-11-23(36-3)12-10-21/h6-14,24H,4-5,15-20H2,1-3H3. The molecule has 0 spiro atoms. The second kappa shape index (κ2) is 12.6. The van der Waals surface area contributed by atoms with Crippen molar-refractivity contribution in [2.45, 2.75) is 33.0 Å². The normalized spacial score (nSPS) is 16.6. The Hall–Kier alpha value is -3.56. The highest BCUT2D eigenvalue weighted by Crippen LogP contribution is 2.20. The molecule has 1 unspecified atom stereocenters. The number of likely N-dealkylation sites (N-methyl/N-ethyl adjacent to an activating group) is 1. The SMILES string of the molecule is CCN(CC)C(=O)COC1CN(Cc2cccc3nccnc23)CC(=O)N(Cc2ccc(OC)cc2)C1. The Kier molecular flexibility index (Phi) is 9.03. The zero-order valence-electron chi connectivity index (χ0n) is 21.8. The first kappa shape index (κ1) is 26.5. The summed E-state index contributed by atoms with van der Waals surface area (Å²) in [5.74, 6) is 0.743. The molecule has 0 aliphatic carbocycles. The number of fused-ring (bicyclic) bond motifs is 1. The minimum absolute atomic E-state index is 0.00943. The fourth-order valence-electron chi connectivity index (χ4n) is 4.66. The first-order valence-electron chi connectivity index (χ1n) is 12.7. The molecule has 37 heavy (non-hydrogen) atoms. The van der Waals surface area contributed by atoms with Gasteiger partial charge in [0, 0.05) is 51.7 Å². The Morgan fingerprint density at radius 1 is 1.03 bits per heavy atom. The number of para-hydroxylation sites is 1. The van der Waals surface area contributed by atoms with E-state index in [9.17, 15) is 9.59 Å². The van der Waals surface area contributed by atoms with E-state index in [-0.39, 0.29) is 31.1 Å². The Labute approximate surface area is 218 Å². The molecule has 0 bridgehead atoms. The Bertz CT molecular complexity index is 1190. The number of amides is 2. The number of hydrogen-bond acceptors (Lipinski definition) is 7. The molecule has 4 rings (SSSR count). The van der Waals surface area contributed by atoms with E-state index in [1.54, 1.807) is 24.4 Å². The molecule has 1 saturated heterocycles. The predicted octanol–water partition coefficient (Wildman–Crippen LogP) is 2.74. The lowest BCUT2D eigenvalue weighted by atomic mass is 10.1. The highest BCUT2D eigenvalue weighted by molar-refractivity contribution is 5.80. The Balaban J connectivity index is 1.53. The summed E-state index contributed by atoms with van der Waals surface area (Å²) < 4.78 is 11.4. The lowest BCUT2D eigenvalue weighted by Gasteiger charge is -2.26. The second-order valence-corrected chi connectivity index (χ2v) is 9.13. The van der Waals surface area contributed by atoms with Gasteiger partial charge in [0.25, 0.3) is 0 Å². The number of methoxy groups -OCH3 is 1. The van der Waals surface area contributed by atoms with Gasteiger partial charge >= 0.3 is 0 Å². The van der Waals surface area contributed by atoms with Crippen molar-refractivity contribution in [3.05, 3.63) is 66.0 Å². The van der Waals surface area contributed by atoms with E-state index in [4.69, 9.17) is 9.47 Å². The summed E-state index contributed by atoms with van der Waals surface area (Å²) in [6, 6.07) is 13.6. The van der Waals surface area contributed by atoms with Gasteiger partial charge in [-0.1, -0.05) is 24.3 Å². The molecule has 196 valence electrons. The van der Waals surface area contributed by atoms with Crippen LogP contribution < -0.4 is 4.74 Å².